The standard InChI is InChI=1S/C18H26ClN3O.HI/c1-2-20-16(22-13-18(23)7-4-8-18)21-12-17(9-10-17)14-5-3-6-15(19)11-14;/h3,5-6,11,23H,2,4,7-10,12-13H2,1H3,(H2,20,21,22);1H. The summed E-state index contributed by atoms with van der Waals surface area (Å²) in [6.07, 6.45) is 5.17. The Bertz CT molecular complexity index is 585. The van der Waals surface area contributed by atoms with Crippen LogP contribution in [0.25, 0.3) is 0 Å². The van der Waals surface area contributed by atoms with Crippen molar-refractivity contribution >= 4 is 41.5 Å². The van der Waals surface area contributed by atoms with Crippen molar-refractivity contribution in [3.05, 3.63) is 34.9 Å². The van der Waals surface area contributed by atoms with Gasteiger partial charge >= 0.3 is 0 Å². The van der Waals surface area contributed by atoms with Gasteiger partial charge in [-0.05, 0) is 56.7 Å². The normalized spacial score (nSPS) is 20.5. The smallest absolute Gasteiger partial charge is 0.191 e. The van der Waals surface area contributed by atoms with E-state index in [1.807, 2.05) is 12.1 Å². The molecule has 2 fully saturated rings. The van der Waals surface area contributed by atoms with Gasteiger partial charge in [-0.1, -0.05) is 23.7 Å². The van der Waals surface area contributed by atoms with E-state index in [-0.39, 0.29) is 29.4 Å². The first-order chi connectivity index (χ1) is 11.1. The van der Waals surface area contributed by atoms with Gasteiger partial charge in [-0.15, -0.1) is 24.0 Å². The molecule has 0 bridgehead atoms. The lowest BCUT2D eigenvalue weighted by molar-refractivity contribution is -0.0236. The van der Waals surface area contributed by atoms with E-state index in [1.165, 1.54) is 18.4 Å². The number of aliphatic hydroxyl groups is 1. The van der Waals surface area contributed by atoms with Crippen LogP contribution >= 0.6 is 35.6 Å². The quantitative estimate of drug-likeness (QED) is 0.344. The number of benzene rings is 1. The number of hydrogen-bond acceptors (Lipinski definition) is 2. The van der Waals surface area contributed by atoms with Gasteiger partial charge in [0.2, 0.25) is 0 Å². The van der Waals surface area contributed by atoms with Crippen LogP contribution in [0.4, 0.5) is 0 Å². The first-order valence-corrected chi connectivity index (χ1v) is 8.94. The van der Waals surface area contributed by atoms with Crippen molar-refractivity contribution < 1.29 is 5.11 Å². The van der Waals surface area contributed by atoms with E-state index in [1.54, 1.807) is 0 Å². The third-order valence-electron chi connectivity index (χ3n) is 5.04. The molecule has 24 heavy (non-hydrogen) atoms. The fourth-order valence-electron chi connectivity index (χ4n) is 3.10. The van der Waals surface area contributed by atoms with Crippen molar-refractivity contribution in [2.45, 2.75) is 50.0 Å². The van der Waals surface area contributed by atoms with Gasteiger partial charge < -0.3 is 15.7 Å². The van der Waals surface area contributed by atoms with Gasteiger partial charge in [0.25, 0.3) is 0 Å². The van der Waals surface area contributed by atoms with Crippen LogP contribution in [0.1, 0.15) is 44.6 Å². The number of rotatable bonds is 6. The molecule has 2 aliphatic rings. The summed E-state index contributed by atoms with van der Waals surface area (Å²) in [5.74, 6) is 0.793. The Labute approximate surface area is 166 Å². The molecular weight excluding hydrogens is 437 g/mol. The largest absolute Gasteiger partial charge is 0.388 e. The molecule has 0 aromatic heterocycles. The molecule has 1 aromatic rings. The van der Waals surface area contributed by atoms with E-state index in [0.717, 1.165) is 43.3 Å². The fraction of sp³-hybridized carbons (Fsp3) is 0.611. The maximum Gasteiger partial charge on any atom is 0.191 e. The van der Waals surface area contributed by atoms with Gasteiger partial charge in [0.05, 0.1) is 12.1 Å². The molecule has 1 aromatic carbocycles. The van der Waals surface area contributed by atoms with E-state index in [2.05, 4.69) is 34.7 Å². The molecular formula is C18H27ClIN3O. The molecule has 3 N–H and O–H groups in total. The number of halogens is 2. The van der Waals surface area contributed by atoms with E-state index in [0.29, 0.717) is 6.54 Å². The Hall–Kier alpha value is -0.530. The highest BCUT2D eigenvalue weighted by atomic mass is 127. The van der Waals surface area contributed by atoms with Crippen molar-refractivity contribution in [2.24, 2.45) is 4.99 Å². The number of aliphatic imine (C=N–C) groups is 1. The average Bonchev–Trinajstić information content (AvgIpc) is 3.29. The summed E-state index contributed by atoms with van der Waals surface area (Å²) in [5, 5.41) is 17.7. The van der Waals surface area contributed by atoms with Crippen LogP contribution in [0, 0.1) is 0 Å². The molecule has 0 spiro atoms. The zero-order chi connectivity index (χ0) is 16.3. The van der Waals surface area contributed by atoms with Gasteiger partial charge in [0.1, 0.15) is 0 Å². The molecule has 0 amide bonds. The van der Waals surface area contributed by atoms with Crippen LogP contribution < -0.4 is 10.6 Å². The second-order valence-electron chi connectivity index (χ2n) is 6.92. The summed E-state index contributed by atoms with van der Waals surface area (Å²) in [4.78, 5) is 4.57. The van der Waals surface area contributed by atoms with E-state index in [9.17, 15) is 5.11 Å². The average molecular weight is 464 g/mol. The first kappa shape index (κ1) is 19.8. The molecule has 2 saturated carbocycles. The van der Waals surface area contributed by atoms with Crippen LogP contribution in [0.5, 0.6) is 0 Å². The van der Waals surface area contributed by atoms with E-state index in [4.69, 9.17) is 11.6 Å². The highest BCUT2D eigenvalue weighted by molar-refractivity contribution is 14.0. The Balaban J connectivity index is 0.00000208. The summed E-state index contributed by atoms with van der Waals surface area (Å²) in [6, 6.07) is 8.15. The van der Waals surface area contributed by atoms with Crippen molar-refractivity contribution in [2.75, 3.05) is 19.6 Å². The minimum Gasteiger partial charge on any atom is -0.388 e. The van der Waals surface area contributed by atoms with E-state index < -0.39 is 5.60 Å². The predicted octanol–water partition coefficient (Wildman–Crippen LogP) is 3.46. The Morgan fingerprint density at radius 2 is 2.00 bits per heavy atom. The second kappa shape index (κ2) is 8.23. The molecule has 6 heteroatoms. The van der Waals surface area contributed by atoms with Crippen LogP contribution in [0.2, 0.25) is 5.02 Å². The lowest BCUT2D eigenvalue weighted by atomic mass is 9.80. The van der Waals surface area contributed by atoms with E-state index >= 15 is 0 Å². The zero-order valence-electron chi connectivity index (χ0n) is 14.1. The predicted molar refractivity (Wildman–Crippen MR) is 111 cm³/mol. The Kier molecular flexibility index (Phi) is 6.79. The van der Waals surface area contributed by atoms with Gasteiger partial charge in [0.15, 0.2) is 5.96 Å². The molecule has 3 rings (SSSR count). The highest BCUT2D eigenvalue weighted by Gasteiger charge is 2.44. The second-order valence-corrected chi connectivity index (χ2v) is 7.35. The summed E-state index contributed by atoms with van der Waals surface area (Å²) < 4.78 is 0. The lowest BCUT2D eigenvalue weighted by Gasteiger charge is -2.35. The highest BCUT2D eigenvalue weighted by Crippen LogP contribution is 2.48. The molecule has 0 heterocycles. The van der Waals surface area contributed by atoms with Gasteiger partial charge in [0, 0.05) is 23.5 Å². The minimum atomic E-state index is -0.577. The van der Waals surface area contributed by atoms with Crippen molar-refractivity contribution in [1.82, 2.24) is 10.6 Å². The molecule has 2 aliphatic carbocycles. The monoisotopic (exact) mass is 463 g/mol. The van der Waals surface area contributed by atoms with Crippen LogP contribution in [-0.4, -0.2) is 36.3 Å². The summed E-state index contributed by atoms with van der Waals surface area (Å²) in [5.41, 5.74) is 0.895. The van der Waals surface area contributed by atoms with Gasteiger partial charge in [-0.3, -0.25) is 4.99 Å². The van der Waals surface area contributed by atoms with Crippen LogP contribution in [0.15, 0.2) is 29.3 Å². The third-order valence-corrected chi connectivity index (χ3v) is 5.28. The van der Waals surface area contributed by atoms with Crippen LogP contribution in [0.3, 0.4) is 0 Å². The van der Waals surface area contributed by atoms with Crippen LogP contribution in [-0.2, 0) is 5.41 Å². The van der Waals surface area contributed by atoms with Crippen molar-refractivity contribution in [3.63, 3.8) is 0 Å². The summed E-state index contributed by atoms with van der Waals surface area (Å²) in [6.45, 7) is 4.19. The molecule has 0 saturated heterocycles. The number of nitrogens with one attached hydrogen (secondary N) is 2. The number of guanidine groups is 1. The van der Waals surface area contributed by atoms with Gasteiger partial charge in [-0.25, -0.2) is 0 Å². The Morgan fingerprint density at radius 3 is 2.54 bits per heavy atom. The Morgan fingerprint density at radius 1 is 1.25 bits per heavy atom. The van der Waals surface area contributed by atoms with Crippen molar-refractivity contribution in [1.29, 1.82) is 0 Å². The zero-order valence-corrected chi connectivity index (χ0v) is 17.2. The summed E-state index contributed by atoms with van der Waals surface area (Å²) in [7, 11) is 0. The number of hydrogen-bond donors (Lipinski definition) is 3. The first-order valence-electron chi connectivity index (χ1n) is 8.56. The minimum absolute atomic E-state index is 0. The SMILES string of the molecule is CCNC(=NCC1(O)CCC1)NCC1(c2cccc(Cl)c2)CC1.I. The number of nitrogens with zero attached hydrogens (tertiary/aromatic N) is 1. The maximum atomic E-state index is 10.2. The molecule has 0 aliphatic heterocycles. The molecule has 4 nitrogen and oxygen atoms in total. The maximum absolute atomic E-state index is 10.2. The fourth-order valence-corrected chi connectivity index (χ4v) is 3.29. The molecule has 0 unspecified atom stereocenters. The third kappa shape index (κ3) is 4.76. The van der Waals surface area contributed by atoms with Crippen molar-refractivity contribution in [3.8, 4) is 0 Å². The summed E-state index contributed by atoms with van der Waals surface area (Å²) >= 11 is 6.13. The molecule has 0 radical (unpaired) electrons. The molecule has 0 atom stereocenters. The lowest BCUT2D eigenvalue weighted by Crippen LogP contribution is -2.44. The van der Waals surface area contributed by atoms with Gasteiger partial charge in [-0.2, -0.15) is 0 Å². The topological polar surface area (TPSA) is 56.7 Å². The molecule has 134 valence electrons.